The first-order valence-corrected chi connectivity index (χ1v) is 5.09. The Morgan fingerprint density at radius 2 is 2.41 bits per heavy atom. The summed E-state index contributed by atoms with van der Waals surface area (Å²) in [7, 11) is 1.56. The lowest BCUT2D eigenvalue weighted by Crippen LogP contribution is -2.33. The minimum atomic E-state index is -0.201. The monoisotopic (exact) mass is 234 g/mol. The zero-order valence-corrected chi connectivity index (χ0v) is 9.56. The van der Waals surface area contributed by atoms with E-state index in [1.807, 2.05) is 12.1 Å². The molecule has 0 atom stereocenters. The van der Waals surface area contributed by atoms with E-state index >= 15 is 0 Å². The molecule has 0 fully saturated rings. The highest BCUT2D eigenvalue weighted by Crippen LogP contribution is 2.05. The molecule has 17 heavy (non-hydrogen) atoms. The minimum absolute atomic E-state index is 0.0323. The van der Waals surface area contributed by atoms with Crippen molar-refractivity contribution in [2.75, 3.05) is 20.2 Å². The first kappa shape index (κ1) is 12.9. The van der Waals surface area contributed by atoms with E-state index in [1.54, 1.807) is 19.4 Å². The molecule has 0 saturated carbocycles. The second-order valence-corrected chi connectivity index (χ2v) is 3.25. The molecule has 1 aromatic heterocycles. The summed E-state index contributed by atoms with van der Waals surface area (Å²) in [5.41, 5.74) is 0.957. The maximum absolute atomic E-state index is 11.1. The van der Waals surface area contributed by atoms with E-state index in [9.17, 15) is 4.79 Å². The maximum atomic E-state index is 11.1. The van der Waals surface area contributed by atoms with Gasteiger partial charge in [0, 0.05) is 18.8 Å². The molecule has 1 heterocycles. The summed E-state index contributed by atoms with van der Waals surface area (Å²) in [4.78, 5) is 15.2. The number of ether oxygens (including phenoxy) is 1. The summed E-state index contributed by atoms with van der Waals surface area (Å²) in [6, 6.07) is 5.46. The number of rotatable bonds is 6. The fraction of sp³-hybridized carbons (Fsp3) is 0.364. The largest absolute Gasteiger partial charge is 0.481 e. The SMILES string of the molecule is COc1ccc(CNCC(=O)NCC#N)cn1. The lowest BCUT2D eigenvalue weighted by atomic mass is 10.3. The molecule has 0 unspecified atom stereocenters. The van der Waals surface area contributed by atoms with E-state index in [4.69, 9.17) is 10.00 Å². The average molecular weight is 234 g/mol. The number of methoxy groups -OCH3 is 1. The van der Waals surface area contributed by atoms with E-state index in [-0.39, 0.29) is 19.0 Å². The molecule has 6 nitrogen and oxygen atoms in total. The van der Waals surface area contributed by atoms with Crippen LogP contribution < -0.4 is 15.4 Å². The Bertz CT molecular complexity index is 397. The third kappa shape index (κ3) is 4.95. The molecule has 1 amide bonds. The summed E-state index contributed by atoms with van der Waals surface area (Å²) < 4.78 is 4.93. The van der Waals surface area contributed by atoms with E-state index < -0.39 is 0 Å². The fourth-order valence-electron chi connectivity index (χ4n) is 1.16. The van der Waals surface area contributed by atoms with Crippen LogP contribution in [0.5, 0.6) is 5.88 Å². The summed E-state index contributed by atoms with van der Waals surface area (Å²) >= 11 is 0. The van der Waals surface area contributed by atoms with Gasteiger partial charge in [-0.05, 0) is 5.56 Å². The van der Waals surface area contributed by atoms with E-state index in [0.29, 0.717) is 12.4 Å². The molecule has 90 valence electrons. The number of nitrogens with zero attached hydrogens (tertiary/aromatic N) is 2. The van der Waals surface area contributed by atoms with Crippen LogP contribution in [0.2, 0.25) is 0 Å². The van der Waals surface area contributed by atoms with E-state index in [2.05, 4.69) is 15.6 Å². The molecule has 1 rings (SSSR count). The van der Waals surface area contributed by atoms with Crippen LogP contribution in [-0.2, 0) is 11.3 Å². The van der Waals surface area contributed by atoms with Crippen molar-refractivity contribution in [2.45, 2.75) is 6.54 Å². The lowest BCUT2D eigenvalue weighted by molar-refractivity contribution is -0.120. The summed E-state index contributed by atoms with van der Waals surface area (Å²) in [5.74, 6) is 0.355. The molecule has 0 spiro atoms. The van der Waals surface area contributed by atoms with Crippen molar-refractivity contribution < 1.29 is 9.53 Å². The Morgan fingerprint density at radius 3 is 3.00 bits per heavy atom. The normalized spacial score (nSPS) is 9.41. The van der Waals surface area contributed by atoms with Crippen molar-refractivity contribution in [1.82, 2.24) is 15.6 Å². The highest BCUT2D eigenvalue weighted by Gasteiger charge is 2.00. The Kier molecular flexibility index (Phi) is 5.47. The van der Waals surface area contributed by atoms with Crippen LogP contribution in [0.15, 0.2) is 18.3 Å². The maximum Gasteiger partial charge on any atom is 0.234 e. The quantitative estimate of drug-likeness (QED) is 0.667. The van der Waals surface area contributed by atoms with Gasteiger partial charge in [0.1, 0.15) is 6.54 Å². The highest BCUT2D eigenvalue weighted by molar-refractivity contribution is 5.78. The van der Waals surface area contributed by atoms with Crippen molar-refractivity contribution in [2.24, 2.45) is 0 Å². The highest BCUT2D eigenvalue weighted by atomic mass is 16.5. The van der Waals surface area contributed by atoms with Crippen LogP contribution in [0.1, 0.15) is 5.56 Å². The van der Waals surface area contributed by atoms with Gasteiger partial charge in [0.25, 0.3) is 0 Å². The van der Waals surface area contributed by atoms with Gasteiger partial charge in [0.2, 0.25) is 11.8 Å². The minimum Gasteiger partial charge on any atom is -0.481 e. The number of carbonyl (C=O) groups excluding carboxylic acids is 1. The zero-order chi connectivity index (χ0) is 12.5. The van der Waals surface area contributed by atoms with Gasteiger partial charge in [0.15, 0.2) is 0 Å². The van der Waals surface area contributed by atoms with Gasteiger partial charge in [-0.15, -0.1) is 0 Å². The van der Waals surface area contributed by atoms with Crippen LogP contribution >= 0.6 is 0 Å². The first-order valence-electron chi connectivity index (χ1n) is 5.09. The standard InChI is InChI=1S/C11H14N4O2/c1-17-11-3-2-9(7-15-11)6-13-8-10(16)14-5-4-12/h2-3,7,13H,5-6,8H2,1H3,(H,14,16). The molecule has 0 aliphatic carbocycles. The number of pyridine rings is 1. The number of nitrogens with one attached hydrogen (secondary N) is 2. The molecule has 1 aromatic rings. The number of amides is 1. The van der Waals surface area contributed by atoms with Crippen molar-refractivity contribution in [3.05, 3.63) is 23.9 Å². The molecule has 0 aliphatic heterocycles. The molecular formula is C11H14N4O2. The number of nitriles is 1. The van der Waals surface area contributed by atoms with Gasteiger partial charge in [-0.2, -0.15) is 5.26 Å². The number of hydrogen-bond acceptors (Lipinski definition) is 5. The van der Waals surface area contributed by atoms with Gasteiger partial charge < -0.3 is 15.4 Å². The van der Waals surface area contributed by atoms with Gasteiger partial charge >= 0.3 is 0 Å². The third-order valence-electron chi connectivity index (χ3n) is 1.99. The Hall–Kier alpha value is -2.13. The molecule has 0 radical (unpaired) electrons. The van der Waals surface area contributed by atoms with Crippen LogP contribution in [0.3, 0.4) is 0 Å². The van der Waals surface area contributed by atoms with E-state index in [0.717, 1.165) is 5.56 Å². The molecular weight excluding hydrogens is 220 g/mol. The Balaban J connectivity index is 2.26. The van der Waals surface area contributed by atoms with Crippen LogP contribution in [0.25, 0.3) is 0 Å². The summed E-state index contributed by atoms with van der Waals surface area (Å²) in [6.07, 6.45) is 1.68. The smallest absolute Gasteiger partial charge is 0.234 e. The van der Waals surface area contributed by atoms with Gasteiger partial charge in [-0.1, -0.05) is 6.07 Å². The first-order chi connectivity index (χ1) is 8.26. The Labute approximate surface area is 99.6 Å². The van der Waals surface area contributed by atoms with E-state index in [1.165, 1.54) is 0 Å². The topological polar surface area (TPSA) is 87.0 Å². The van der Waals surface area contributed by atoms with Gasteiger partial charge in [0.05, 0.1) is 19.7 Å². The lowest BCUT2D eigenvalue weighted by Gasteiger charge is -2.05. The second kappa shape index (κ2) is 7.19. The van der Waals surface area contributed by atoms with Gasteiger partial charge in [-0.3, -0.25) is 4.79 Å². The predicted octanol–water partition coefficient (Wildman–Crippen LogP) is -0.180. The third-order valence-corrected chi connectivity index (χ3v) is 1.99. The summed E-state index contributed by atoms with van der Waals surface area (Å²) in [5, 5.41) is 13.6. The molecule has 0 bridgehead atoms. The van der Waals surface area contributed by atoms with Gasteiger partial charge in [-0.25, -0.2) is 4.98 Å². The number of aromatic nitrogens is 1. The average Bonchev–Trinajstić information content (AvgIpc) is 2.37. The van der Waals surface area contributed by atoms with Crippen molar-refractivity contribution >= 4 is 5.91 Å². The van der Waals surface area contributed by atoms with Crippen LogP contribution in [0, 0.1) is 11.3 Å². The van der Waals surface area contributed by atoms with Crippen molar-refractivity contribution in [3.63, 3.8) is 0 Å². The molecule has 0 aliphatic rings. The summed E-state index contributed by atoms with van der Waals surface area (Å²) in [6.45, 7) is 0.745. The number of hydrogen-bond donors (Lipinski definition) is 2. The van der Waals surface area contributed by atoms with Crippen LogP contribution in [0.4, 0.5) is 0 Å². The fourth-order valence-corrected chi connectivity index (χ4v) is 1.16. The molecule has 0 saturated heterocycles. The second-order valence-electron chi connectivity index (χ2n) is 3.25. The Morgan fingerprint density at radius 1 is 1.59 bits per heavy atom. The molecule has 6 heteroatoms. The zero-order valence-electron chi connectivity index (χ0n) is 9.56. The molecule has 2 N–H and O–H groups in total. The number of carbonyl (C=O) groups is 1. The van der Waals surface area contributed by atoms with Crippen molar-refractivity contribution in [3.8, 4) is 11.9 Å². The predicted molar refractivity (Wildman–Crippen MR) is 61.1 cm³/mol. The molecule has 0 aromatic carbocycles. The van der Waals surface area contributed by atoms with Crippen LogP contribution in [-0.4, -0.2) is 31.1 Å². The van der Waals surface area contributed by atoms with Crippen molar-refractivity contribution in [1.29, 1.82) is 5.26 Å².